The van der Waals surface area contributed by atoms with Crippen LogP contribution in [0.4, 0.5) is 0 Å². The summed E-state index contributed by atoms with van der Waals surface area (Å²) in [5, 5.41) is 54.3. The van der Waals surface area contributed by atoms with Crippen molar-refractivity contribution in [2.24, 2.45) is 0 Å². The summed E-state index contributed by atoms with van der Waals surface area (Å²) in [5.41, 5.74) is 0. The van der Waals surface area contributed by atoms with Gasteiger partial charge >= 0.3 is 5.97 Å². The molecule has 6 N–H and O–H groups in total. The topological polar surface area (TPSA) is 175 Å². The van der Waals surface area contributed by atoms with E-state index in [0.717, 1.165) is 64.2 Å². The third-order valence-corrected chi connectivity index (χ3v) is 17.7. The highest BCUT2D eigenvalue weighted by Gasteiger charge is 2.44. The number of aliphatic hydroxyl groups is 5. The second kappa shape index (κ2) is 65.1. The predicted molar refractivity (Wildman–Crippen MR) is 366 cm³/mol. The van der Waals surface area contributed by atoms with Crippen LogP contribution in [0.2, 0.25) is 0 Å². The van der Waals surface area contributed by atoms with E-state index in [9.17, 15) is 35.1 Å². The summed E-state index contributed by atoms with van der Waals surface area (Å²) in [5.74, 6) is -0.178. The Hall–Kier alpha value is -2.38. The lowest BCUT2D eigenvalue weighted by Gasteiger charge is -2.40. The van der Waals surface area contributed by atoms with Crippen LogP contribution in [0.3, 0.4) is 0 Å². The molecule has 7 atom stereocenters. The van der Waals surface area contributed by atoms with Gasteiger partial charge < -0.3 is 45.1 Å². The second-order valence-corrected chi connectivity index (χ2v) is 26.0. The molecule has 510 valence electrons. The van der Waals surface area contributed by atoms with Crippen molar-refractivity contribution >= 4 is 11.9 Å². The Balaban J connectivity index is 1.89. The fraction of sp³-hybridized carbons (Fsp3) is 0.868. The molecule has 7 unspecified atom stereocenters. The average molecular weight is 1230 g/mol. The van der Waals surface area contributed by atoms with E-state index < -0.39 is 49.5 Å². The molecule has 0 radical (unpaired) electrons. The number of amides is 1. The van der Waals surface area contributed by atoms with Crippen molar-refractivity contribution in [3.63, 3.8) is 0 Å². The maximum atomic E-state index is 13.0. The Morgan fingerprint density at radius 2 is 0.782 bits per heavy atom. The van der Waals surface area contributed by atoms with Crippen molar-refractivity contribution in [2.45, 2.75) is 403 Å². The molecule has 0 aromatic heterocycles. The van der Waals surface area contributed by atoms with Crippen molar-refractivity contribution in [1.82, 2.24) is 5.32 Å². The summed E-state index contributed by atoms with van der Waals surface area (Å²) < 4.78 is 16.7. The Labute approximate surface area is 536 Å². The number of nitrogens with one attached hydrogen (secondary N) is 1. The standard InChI is InChI=1S/C76H141NO10/c1-3-5-7-9-11-13-15-44-48-52-56-60-64-72(81)85-65-61-57-53-49-45-42-40-38-36-34-32-30-28-26-24-22-20-18-16-17-19-21-23-25-27-29-31-33-35-37-39-41-43-47-51-55-59-63-71(80)77-68(67-86-76-75(84)74(83)73(82)70(66-78)87-76)69(79)62-58-54-50-46-14-12-10-8-6-4-2/h6,8,14,16,18,46,58,62,68-70,73-76,78-79,82-84H,3-5,7,9-13,15,17,19-45,47-57,59-61,63-67H2,1-2H3,(H,77,80)/b8-6+,18-16-,46-14+,62-58+. The third kappa shape index (κ3) is 53.9. The molecule has 1 saturated heterocycles. The summed E-state index contributed by atoms with van der Waals surface area (Å²) in [6.45, 7) is 4.24. The lowest BCUT2D eigenvalue weighted by molar-refractivity contribution is -0.302. The molecule has 0 aromatic carbocycles. The summed E-state index contributed by atoms with van der Waals surface area (Å²) >= 11 is 0. The van der Waals surface area contributed by atoms with E-state index in [1.165, 1.54) is 270 Å². The van der Waals surface area contributed by atoms with Crippen molar-refractivity contribution in [2.75, 3.05) is 19.8 Å². The van der Waals surface area contributed by atoms with Crippen molar-refractivity contribution in [3.05, 3.63) is 48.6 Å². The van der Waals surface area contributed by atoms with Crippen molar-refractivity contribution in [1.29, 1.82) is 0 Å². The molecular formula is C76H141NO10. The van der Waals surface area contributed by atoms with Crippen LogP contribution in [0.1, 0.15) is 361 Å². The predicted octanol–water partition coefficient (Wildman–Crippen LogP) is 19.5. The zero-order chi connectivity index (χ0) is 63.0. The van der Waals surface area contributed by atoms with Gasteiger partial charge in [-0.1, -0.05) is 319 Å². The quantitative estimate of drug-likeness (QED) is 0.0195. The van der Waals surface area contributed by atoms with Gasteiger partial charge in [-0.25, -0.2) is 0 Å². The van der Waals surface area contributed by atoms with Gasteiger partial charge in [-0.15, -0.1) is 0 Å². The van der Waals surface area contributed by atoms with E-state index in [2.05, 4.69) is 55.6 Å². The minimum atomic E-state index is -1.58. The number of esters is 1. The molecule has 1 fully saturated rings. The van der Waals surface area contributed by atoms with Gasteiger partial charge in [0.1, 0.15) is 24.4 Å². The third-order valence-electron chi connectivity index (χ3n) is 17.7. The fourth-order valence-corrected chi connectivity index (χ4v) is 11.8. The second-order valence-electron chi connectivity index (χ2n) is 26.0. The van der Waals surface area contributed by atoms with Crippen LogP contribution in [0.15, 0.2) is 48.6 Å². The molecule has 11 heteroatoms. The van der Waals surface area contributed by atoms with Gasteiger partial charge in [0.2, 0.25) is 5.91 Å². The number of hydrogen-bond acceptors (Lipinski definition) is 10. The van der Waals surface area contributed by atoms with E-state index in [1.807, 2.05) is 6.08 Å². The highest BCUT2D eigenvalue weighted by molar-refractivity contribution is 5.76. The van der Waals surface area contributed by atoms with E-state index in [-0.39, 0.29) is 18.5 Å². The number of allylic oxidation sites excluding steroid dienone is 7. The van der Waals surface area contributed by atoms with Crippen LogP contribution in [0, 0.1) is 0 Å². The molecule has 1 aliphatic rings. The minimum absolute atomic E-state index is 0.0159. The van der Waals surface area contributed by atoms with Gasteiger partial charge in [-0.05, 0) is 77.0 Å². The largest absolute Gasteiger partial charge is 0.466 e. The van der Waals surface area contributed by atoms with Crippen molar-refractivity contribution in [3.8, 4) is 0 Å². The normalized spacial score (nSPS) is 18.1. The molecule has 87 heavy (non-hydrogen) atoms. The maximum absolute atomic E-state index is 13.0. The highest BCUT2D eigenvalue weighted by atomic mass is 16.7. The summed E-state index contributed by atoms with van der Waals surface area (Å²) in [6, 6.07) is -0.831. The molecule has 1 heterocycles. The van der Waals surface area contributed by atoms with Gasteiger partial charge in [0.15, 0.2) is 6.29 Å². The molecule has 0 saturated carbocycles. The number of hydrogen-bond donors (Lipinski definition) is 6. The monoisotopic (exact) mass is 1230 g/mol. The van der Waals surface area contributed by atoms with Gasteiger partial charge in [-0.2, -0.15) is 0 Å². The summed E-state index contributed by atoms with van der Waals surface area (Å²) in [7, 11) is 0. The lowest BCUT2D eigenvalue weighted by atomic mass is 9.99. The molecule has 1 aliphatic heterocycles. The van der Waals surface area contributed by atoms with E-state index in [4.69, 9.17) is 14.2 Å². The van der Waals surface area contributed by atoms with Gasteiger partial charge in [0, 0.05) is 12.8 Å². The zero-order valence-corrected chi connectivity index (χ0v) is 56.7. The van der Waals surface area contributed by atoms with Crippen molar-refractivity contribution < 1.29 is 49.3 Å². The number of unbranched alkanes of at least 4 members (excludes halogenated alkanes) is 46. The number of ether oxygens (including phenoxy) is 3. The van der Waals surface area contributed by atoms with Gasteiger partial charge in [-0.3, -0.25) is 9.59 Å². The Bertz CT molecular complexity index is 1580. The zero-order valence-electron chi connectivity index (χ0n) is 56.7. The molecule has 0 spiro atoms. The van der Waals surface area contributed by atoms with Crippen LogP contribution < -0.4 is 5.32 Å². The lowest BCUT2D eigenvalue weighted by Crippen LogP contribution is -2.60. The SMILES string of the molecule is CC/C=C/CC/C=C/CC/C=C/C(O)C(COC1OC(CO)C(O)C(O)C1O)NC(=O)CCCCCCCCCCCCCCCCCCC/C=C\CCCCCCCCCCCCCCCCCCOC(=O)CCCCCCCCCCCCCC. The number of aliphatic hydroxyl groups excluding tert-OH is 5. The van der Waals surface area contributed by atoms with E-state index in [0.29, 0.717) is 19.4 Å². The van der Waals surface area contributed by atoms with Gasteiger partial charge in [0.25, 0.3) is 0 Å². The average Bonchev–Trinajstić information content (AvgIpc) is 3.72. The van der Waals surface area contributed by atoms with Crippen LogP contribution in [-0.4, -0.2) is 100 Å². The number of carbonyl (C=O) groups excluding carboxylic acids is 2. The van der Waals surface area contributed by atoms with Crippen LogP contribution in [0.5, 0.6) is 0 Å². The minimum Gasteiger partial charge on any atom is -0.466 e. The Morgan fingerprint density at radius 1 is 0.425 bits per heavy atom. The van der Waals surface area contributed by atoms with E-state index in [1.54, 1.807) is 6.08 Å². The molecular weight excluding hydrogens is 1090 g/mol. The van der Waals surface area contributed by atoms with Crippen LogP contribution >= 0.6 is 0 Å². The summed E-state index contributed by atoms with van der Waals surface area (Å²) in [4.78, 5) is 25.1. The smallest absolute Gasteiger partial charge is 0.305 e. The Morgan fingerprint density at radius 3 is 1.20 bits per heavy atom. The number of carbonyl (C=O) groups is 2. The van der Waals surface area contributed by atoms with E-state index >= 15 is 0 Å². The van der Waals surface area contributed by atoms with Crippen LogP contribution in [-0.2, 0) is 23.8 Å². The molecule has 1 rings (SSSR count). The first kappa shape index (κ1) is 82.6. The van der Waals surface area contributed by atoms with Gasteiger partial charge in [0.05, 0.1) is 32.0 Å². The maximum Gasteiger partial charge on any atom is 0.305 e. The molecule has 11 nitrogen and oxygen atoms in total. The molecule has 0 bridgehead atoms. The highest BCUT2D eigenvalue weighted by Crippen LogP contribution is 2.23. The first-order valence-electron chi connectivity index (χ1n) is 37.4. The first-order chi connectivity index (χ1) is 42.7. The fourth-order valence-electron chi connectivity index (χ4n) is 11.8. The first-order valence-corrected chi connectivity index (χ1v) is 37.4. The Kier molecular flexibility index (Phi) is 61.9. The number of rotatable bonds is 66. The molecule has 0 aliphatic carbocycles. The summed E-state index contributed by atoms with van der Waals surface area (Å²) in [6.07, 6.45) is 75.9. The molecule has 0 aromatic rings. The van der Waals surface area contributed by atoms with Crippen LogP contribution in [0.25, 0.3) is 0 Å². The molecule has 1 amide bonds.